The Bertz CT molecular complexity index is 1170. The van der Waals surface area contributed by atoms with Crippen LogP contribution in [0, 0.1) is 15.9 Å². The number of nitrogens with zero attached hydrogens (tertiary/aromatic N) is 1. The summed E-state index contributed by atoms with van der Waals surface area (Å²) < 4.78 is 41.7. The zero-order valence-corrected chi connectivity index (χ0v) is 16.4. The molecule has 144 valence electrons. The largest absolute Gasteiger partial charge is 0.501 e. The van der Waals surface area contributed by atoms with Crippen molar-refractivity contribution in [2.45, 2.75) is 4.90 Å². The van der Waals surface area contributed by atoms with E-state index in [9.17, 15) is 28.0 Å². The number of anilines is 1. The van der Waals surface area contributed by atoms with Crippen LogP contribution < -0.4 is 4.72 Å². The van der Waals surface area contributed by atoms with Gasteiger partial charge in [0.05, 0.1) is 10.6 Å². The highest BCUT2D eigenvalue weighted by atomic mass is 79.9. The van der Waals surface area contributed by atoms with Gasteiger partial charge in [0.1, 0.15) is 10.7 Å². The average molecular weight is 467 g/mol. The Kier molecular flexibility index (Phi) is 5.34. The van der Waals surface area contributed by atoms with Crippen molar-refractivity contribution in [3.63, 3.8) is 0 Å². The topological polar surface area (TPSA) is 110 Å². The summed E-state index contributed by atoms with van der Waals surface area (Å²) in [6.45, 7) is 0. The van der Waals surface area contributed by atoms with Crippen LogP contribution in [0.3, 0.4) is 0 Å². The zero-order valence-electron chi connectivity index (χ0n) is 14.0. The number of aromatic hydroxyl groups is 1. The fourth-order valence-corrected chi connectivity index (χ4v) is 4.31. The fourth-order valence-electron chi connectivity index (χ4n) is 2.52. The number of nitro benzene ring substituents is 1. The molecule has 0 aliphatic carbocycles. The summed E-state index contributed by atoms with van der Waals surface area (Å²) in [5, 5.41) is 21.0. The first kappa shape index (κ1) is 19.8. The van der Waals surface area contributed by atoms with Gasteiger partial charge in [-0.15, -0.1) is 0 Å². The summed E-state index contributed by atoms with van der Waals surface area (Å²) >= 11 is 2.97. The van der Waals surface area contributed by atoms with E-state index < -0.39 is 37.1 Å². The summed E-state index contributed by atoms with van der Waals surface area (Å²) in [5.41, 5.74) is 0.143. The van der Waals surface area contributed by atoms with E-state index in [2.05, 4.69) is 15.9 Å². The Hall–Kier alpha value is -2.98. The maximum absolute atomic E-state index is 14.2. The van der Waals surface area contributed by atoms with Crippen molar-refractivity contribution in [2.75, 3.05) is 4.72 Å². The summed E-state index contributed by atoms with van der Waals surface area (Å²) in [4.78, 5) is 9.34. The van der Waals surface area contributed by atoms with Crippen molar-refractivity contribution in [3.8, 4) is 16.9 Å². The predicted molar refractivity (Wildman–Crippen MR) is 105 cm³/mol. The monoisotopic (exact) mass is 466 g/mol. The molecule has 0 radical (unpaired) electrons. The second kappa shape index (κ2) is 7.56. The van der Waals surface area contributed by atoms with Gasteiger partial charge in [-0.2, -0.15) is 0 Å². The van der Waals surface area contributed by atoms with Crippen LogP contribution in [0.1, 0.15) is 0 Å². The summed E-state index contributed by atoms with van der Waals surface area (Å²) in [6, 6.07) is 14.7. The lowest BCUT2D eigenvalue weighted by molar-refractivity contribution is -0.386. The van der Waals surface area contributed by atoms with Crippen molar-refractivity contribution < 1.29 is 22.8 Å². The van der Waals surface area contributed by atoms with E-state index in [1.807, 2.05) is 4.72 Å². The molecule has 2 N–H and O–H groups in total. The number of sulfonamides is 1. The number of hydrogen-bond donors (Lipinski definition) is 2. The van der Waals surface area contributed by atoms with Gasteiger partial charge >= 0.3 is 5.69 Å². The number of halogens is 2. The van der Waals surface area contributed by atoms with Crippen LogP contribution in [-0.2, 0) is 10.0 Å². The summed E-state index contributed by atoms with van der Waals surface area (Å²) in [5.74, 6) is -1.88. The molecule has 0 aliphatic heterocycles. The highest BCUT2D eigenvalue weighted by Crippen LogP contribution is 2.37. The summed E-state index contributed by atoms with van der Waals surface area (Å²) in [6.07, 6.45) is 0. The van der Waals surface area contributed by atoms with Gasteiger partial charge in [-0.3, -0.25) is 14.8 Å². The minimum atomic E-state index is -4.52. The van der Waals surface area contributed by atoms with Crippen molar-refractivity contribution in [2.24, 2.45) is 0 Å². The Balaban J connectivity index is 2.06. The molecular weight excluding hydrogens is 455 g/mol. The van der Waals surface area contributed by atoms with Crippen molar-refractivity contribution in [3.05, 3.63) is 81.1 Å². The maximum atomic E-state index is 14.2. The molecule has 0 aromatic heterocycles. The van der Waals surface area contributed by atoms with Gasteiger partial charge in [0.2, 0.25) is 5.75 Å². The third-order valence-corrected chi connectivity index (χ3v) is 5.66. The molecule has 0 aliphatic rings. The molecule has 0 heterocycles. The van der Waals surface area contributed by atoms with Gasteiger partial charge in [0.25, 0.3) is 10.0 Å². The van der Waals surface area contributed by atoms with Gasteiger partial charge in [-0.05, 0) is 29.3 Å². The van der Waals surface area contributed by atoms with Gasteiger partial charge in [-0.1, -0.05) is 52.3 Å². The lowest BCUT2D eigenvalue weighted by Gasteiger charge is -2.12. The molecule has 3 rings (SSSR count). The normalized spacial score (nSPS) is 11.2. The van der Waals surface area contributed by atoms with Gasteiger partial charge in [0, 0.05) is 10.5 Å². The van der Waals surface area contributed by atoms with Crippen LogP contribution >= 0.6 is 15.9 Å². The van der Waals surface area contributed by atoms with Gasteiger partial charge < -0.3 is 5.11 Å². The number of phenolic OH excluding ortho intramolecular Hbond substituents is 1. The molecule has 0 bridgehead atoms. The van der Waals surface area contributed by atoms with Crippen molar-refractivity contribution >= 4 is 37.3 Å². The first-order chi connectivity index (χ1) is 13.2. The molecular formula is C18H12BrFN2O5S. The number of rotatable bonds is 5. The van der Waals surface area contributed by atoms with Crippen LogP contribution in [0.15, 0.2) is 70.0 Å². The lowest BCUT2D eigenvalue weighted by Crippen LogP contribution is -2.15. The van der Waals surface area contributed by atoms with Gasteiger partial charge in [-0.25, -0.2) is 12.8 Å². The molecule has 7 nitrogen and oxygen atoms in total. The van der Waals surface area contributed by atoms with Crippen LogP contribution in [0.25, 0.3) is 11.1 Å². The molecule has 10 heteroatoms. The molecule has 0 spiro atoms. The Morgan fingerprint density at radius 3 is 2.36 bits per heavy atom. The minimum Gasteiger partial charge on any atom is -0.501 e. The molecule has 3 aromatic rings. The molecule has 3 aromatic carbocycles. The minimum absolute atomic E-state index is 0.0656. The summed E-state index contributed by atoms with van der Waals surface area (Å²) in [7, 11) is -4.52. The van der Waals surface area contributed by atoms with Crippen molar-refractivity contribution in [1.82, 2.24) is 0 Å². The van der Waals surface area contributed by atoms with Crippen LogP contribution in [0.2, 0.25) is 0 Å². The first-order valence-electron chi connectivity index (χ1n) is 7.74. The standard InChI is InChI=1S/C18H12BrFN2O5S/c19-13-9-16(22(24)25)18(23)17(10-13)28(26,27)21-15-8-12(6-7-14(15)20)11-4-2-1-3-5-11/h1-10,21,23H. The highest BCUT2D eigenvalue weighted by Gasteiger charge is 2.28. The van der Waals surface area contributed by atoms with Crippen LogP contribution in [0.5, 0.6) is 5.75 Å². The average Bonchev–Trinajstić information content (AvgIpc) is 2.65. The molecule has 0 fully saturated rings. The number of benzene rings is 3. The highest BCUT2D eigenvalue weighted by molar-refractivity contribution is 9.10. The molecule has 0 atom stereocenters. The van der Waals surface area contributed by atoms with E-state index in [-0.39, 0.29) is 10.2 Å². The van der Waals surface area contributed by atoms with E-state index >= 15 is 0 Å². The van der Waals surface area contributed by atoms with E-state index in [0.29, 0.717) is 5.56 Å². The van der Waals surface area contributed by atoms with Gasteiger partial charge in [0.15, 0.2) is 0 Å². The number of nitro groups is 1. The van der Waals surface area contributed by atoms with E-state index in [1.54, 1.807) is 30.3 Å². The Morgan fingerprint density at radius 1 is 1.04 bits per heavy atom. The number of hydrogen-bond acceptors (Lipinski definition) is 5. The quantitative estimate of drug-likeness (QED) is 0.419. The van der Waals surface area contributed by atoms with Crippen LogP contribution in [-0.4, -0.2) is 18.4 Å². The zero-order chi connectivity index (χ0) is 20.5. The Morgan fingerprint density at radius 2 is 1.71 bits per heavy atom. The second-order valence-electron chi connectivity index (χ2n) is 5.69. The number of phenols is 1. The predicted octanol–water partition coefficient (Wildman–Crippen LogP) is 4.67. The van der Waals surface area contributed by atoms with E-state index in [0.717, 1.165) is 23.8 Å². The third-order valence-electron chi connectivity index (χ3n) is 3.82. The third kappa shape index (κ3) is 3.97. The number of nitrogens with one attached hydrogen (secondary N) is 1. The SMILES string of the molecule is O=[N+]([O-])c1cc(Br)cc(S(=O)(=O)Nc2cc(-c3ccccc3)ccc2F)c1O. The maximum Gasteiger partial charge on any atom is 0.313 e. The molecule has 0 saturated heterocycles. The van der Waals surface area contributed by atoms with Crippen molar-refractivity contribution in [1.29, 1.82) is 0 Å². The second-order valence-corrected chi connectivity index (χ2v) is 8.26. The van der Waals surface area contributed by atoms with E-state index in [1.165, 1.54) is 12.1 Å². The van der Waals surface area contributed by atoms with E-state index in [4.69, 9.17) is 0 Å². The van der Waals surface area contributed by atoms with Crippen LogP contribution in [0.4, 0.5) is 15.8 Å². The molecule has 28 heavy (non-hydrogen) atoms. The molecule has 0 saturated carbocycles. The Labute approximate surface area is 167 Å². The lowest BCUT2D eigenvalue weighted by atomic mass is 10.1. The molecule has 0 unspecified atom stereocenters. The molecule has 0 amide bonds. The first-order valence-corrected chi connectivity index (χ1v) is 10.0. The fraction of sp³-hybridized carbons (Fsp3) is 0. The smallest absolute Gasteiger partial charge is 0.313 e.